The summed E-state index contributed by atoms with van der Waals surface area (Å²) in [7, 11) is -3.13. The minimum atomic E-state index is -3.13. The van der Waals surface area contributed by atoms with Gasteiger partial charge in [-0.2, -0.15) is 0 Å². The summed E-state index contributed by atoms with van der Waals surface area (Å²) in [6.45, 7) is 0.357. The van der Waals surface area contributed by atoms with E-state index in [9.17, 15) is 8.42 Å². The Labute approximate surface area is 133 Å². The van der Waals surface area contributed by atoms with Gasteiger partial charge in [-0.25, -0.2) is 8.42 Å². The number of hydrogen-bond acceptors (Lipinski definition) is 5. The van der Waals surface area contributed by atoms with Gasteiger partial charge in [-0.3, -0.25) is 0 Å². The molecule has 0 aliphatic rings. The van der Waals surface area contributed by atoms with Crippen LogP contribution in [0, 0.1) is 11.8 Å². The van der Waals surface area contributed by atoms with E-state index in [1.54, 1.807) is 35.2 Å². The summed E-state index contributed by atoms with van der Waals surface area (Å²) in [5.41, 5.74) is 6.40. The quantitative estimate of drug-likeness (QED) is 0.688. The maximum Gasteiger partial charge on any atom is 0.175 e. The van der Waals surface area contributed by atoms with Gasteiger partial charge in [0.25, 0.3) is 0 Å². The summed E-state index contributed by atoms with van der Waals surface area (Å²) in [4.78, 5) is 2.58. The van der Waals surface area contributed by atoms with Gasteiger partial charge >= 0.3 is 0 Å². The van der Waals surface area contributed by atoms with Gasteiger partial charge in [0, 0.05) is 27.3 Å². The first-order valence-electron chi connectivity index (χ1n) is 6.19. The second-order valence-corrected chi connectivity index (χ2v) is 8.36. The van der Waals surface area contributed by atoms with Gasteiger partial charge in [-0.15, -0.1) is 23.1 Å². The summed E-state index contributed by atoms with van der Waals surface area (Å²) < 4.78 is 22.8. The Morgan fingerprint density at radius 2 is 1.95 bits per heavy atom. The smallest absolute Gasteiger partial charge is 0.175 e. The largest absolute Gasteiger partial charge is 0.320 e. The number of sulfone groups is 1. The molecule has 0 amide bonds. The molecule has 0 aliphatic heterocycles. The standard InChI is InChI=1S/C15H15NO2S3/c1-21(17,18)14-6-4-13(5-7-14)20-11-15-12(3-2-9-16)8-10-19-15/h4-8,10H,9,11,16H2,1H3. The van der Waals surface area contributed by atoms with E-state index in [0.29, 0.717) is 11.4 Å². The van der Waals surface area contributed by atoms with Gasteiger partial charge in [0.2, 0.25) is 0 Å². The van der Waals surface area contributed by atoms with Crippen molar-refractivity contribution in [3.8, 4) is 11.8 Å². The average Bonchev–Trinajstić information content (AvgIpc) is 2.90. The van der Waals surface area contributed by atoms with Crippen molar-refractivity contribution in [3.63, 3.8) is 0 Å². The first kappa shape index (κ1) is 16.1. The van der Waals surface area contributed by atoms with E-state index in [1.807, 2.05) is 23.6 Å². The molecule has 3 nitrogen and oxygen atoms in total. The number of thiophene rings is 1. The topological polar surface area (TPSA) is 60.2 Å². The Kier molecular flexibility index (Phi) is 5.48. The molecule has 1 heterocycles. The van der Waals surface area contributed by atoms with Gasteiger partial charge in [-0.05, 0) is 35.7 Å². The second kappa shape index (κ2) is 7.14. The summed E-state index contributed by atoms with van der Waals surface area (Å²) >= 11 is 3.33. The zero-order valence-corrected chi connectivity index (χ0v) is 13.9. The van der Waals surface area contributed by atoms with Crippen LogP contribution in [0.1, 0.15) is 10.4 Å². The van der Waals surface area contributed by atoms with Crippen molar-refractivity contribution in [1.82, 2.24) is 0 Å². The van der Waals surface area contributed by atoms with Crippen LogP contribution in [-0.2, 0) is 15.6 Å². The van der Waals surface area contributed by atoms with Crippen LogP contribution in [-0.4, -0.2) is 21.2 Å². The van der Waals surface area contributed by atoms with Crippen molar-refractivity contribution in [2.24, 2.45) is 5.73 Å². The van der Waals surface area contributed by atoms with E-state index < -0.39 is 9.84 Å². The normalized spacial score (nSPS) is 11.0. The summed E-state index contributed by atoms with van der Waals surface area (Å²) in [5, 5.41) is 2.02. The lowest BCUT2D eigenvalue weighted by Crippen LogP contribution is -1.96. The highest BCUT2D eigenvalue weighted by Gasteiger charge is 2.07. The number of benzene rings is 1. The lowest BCUT2D eigenvalue weighted by Gasteiger charge is -2.03. The molecule has 2 aromatic rings. The van der Waals surface area contributed by atoms with E-state index in [2.05, 4.69) is 11.8 Å². The van der Waals surface area contributed by atoms with Crippen molar-refractivity contribution in [3.05, 3.63) is 46.2 Å². The molecule has 0 bridgehead atoms. The molecule has 2 rings (SSSR count). The Morgan fingerprint density at radius 3 is 2.57 bits per heavy atom. The van der Waals surface area contributed by atoms with Crippen molar-refractivity contribution >= 4 is 32.9 Å². The second-order valence-electron chi connectivity index (χ2n) is 4.30. The third-order valence-electron chi connectivity index (χ3n) is 2.69. The average molecular weight is 337 g/mol. The van der Waals surface area contributed by atoms with E-state index in [0.717, 1.165) is 16.2 Å². The number of hydrogen-bond donors (Lipinski definition) is 1. The van der Waals surface area contributed by atoms with Gasteiger partial charge in [0.15, 0.2) is 9.84 Å². The highest BCUT2D eigenvalue weighted by molar-refractivity contribution is 7.98. The molecule has 21 heavy (non-hydrogen) atoms. The van der Waals surface area contributed by atoms with Gasteiger partial charge in [-0.1, -0.05) is 11.8 Å². The zero-order valence-electron chi connectivity index (χ0n) is 11.5. The van der Waals surface area contributed by atoms with Crippen LogP contribution in [0.4, 0.5) is 0 Å². The van der Waals surface area contributed by atoms with Crippen molar-refractivity contribution in [2.75, 3.05) is 12.8 Å². The zero-order chi connectivity index (χ0) is 15.3. The summed E-state index contributed by atoms with van der Waals surface area (Å²) in [6, 6.07) is 8.94. The Morgan fingerprint density at radius 1 is 1.24 bits per heavy atom. The molecule has 0 saturated heterocycles. The van der Waals surface area contributed by atoms with E-state index in [-0.39, 0.29) is 0 Å². The van der Waals surface area contributed by atoms with Gasteiger partial charge in [0.05, 0.1) is 11.4 Å². The number of nitrogens with two attached hydrogens (primary N) is 1. The van der Waals surface area contributed by atoms with E-state index in [4.69, 9.17) is 5.73 Å². The van der Waals surface area contributed by atoms with Crippen molar-refractivity contribution in [1.29, 1.82) is 0 Å². The fraction of sp³-hybridized carbons (Fsp3) is 0.200. The van der Waals surface area contributed by atoms with Crippen LogP contribution in [0.5, 0.6) is 0 Å². The summed E-state index contributed by atoms with van der Waals surface area (Å²) in [5.74, 6) is 6.73. The highest BCUT2D eigenvalue weighted by atomic mass is 32.2. The van der Waals surface area contributed by atoms with Crippen LogP contribution in [0.2, 0.25) is 0 Å². The van der Waals surface area contributed by atoms with Gasteiger partial charge < -0.3 is 5.73 Å². The molecule has 6 heteroatoms. The Hall–Kier alpha value is -1.26. The Bertz CT molecular complexity index is 765. The molecule has 0 atom stereocenters. The van der Waals surface area contributed by atoms with Crippen LogP contribution >= 0.6 is 23.1 Å². The molecular weight excluding hydrogens is 322 g/mol. The van der Waals surface area contributed by atoms with E-state index >= 15 is 0 Å². The maximum atomic E-state index is 11.4. The molecule has 110 valence electrons. The molecule has 0 spiro atoms. The molecule has 1 aromatic heterocycles. The molecule has 0 unspecified atom stereocenters. The van der Waals surface area contributed by atoms with Crippen LogP contribution < -0.4 is 5.73 Å². The van der Waals surface area contributed by atoms with Crippen molar-refractivity contribution < 1.29 is 8.42 Å². The molecular formula is C15H15NO2S3. The van der Waals surface area contributed by atoms with Crippen LogP contribution in [0.25, 0.3) is 0 Å². The molecule has 0 saturated carbocycles. The highest BCUT2D eigenvalue weighted by Crippen LogP contribution is 2.28. The predicted molar refractivity (Wildman–Crippen MR) is 89.4 cm³/mol. The molecule has 1 aromatic carbocycles. The van der Waals surface area contributed by atoms with Crippen LogP contribution in [0.3, 0.4) is 0 Å². The molecule has 0 radical (unpaired) electrons. The molecule has 2 N–H and O–H groups in total. The SMILES string of the molecule is CS(=O)(=O)c1ccc(SCc2sccc2C#CCN)cc1. The van der Waals surface area contributed by atoms with Crippen LogP contribution in [0.15, 0.2) is 45.5 Å². The predicted octanol–water partition coefficient (Wildman–Crippen LogP) is 2.75. The first-order chi connectivity index (χ1) is 10.0. The monoisotopic (exact) mass is 337 g/mol. The fourth-order valence-corrected chi connectivity index (χ4v) is 4.12. The third kappa shape index (κ3) is 4.61. The first-order valence-corrected chi connectivity index (χ1v) is 9.94. The van der Waals surface area contributed by atoms with Crippen molar-refractivity contribution in [2.45, 2.75) is 15.5 Å². The number of rotatable bonds is 4. The molecule has 0 fully saturated rings. The van der Waals surface area contributed by atoms with E-state index in [1.165, 1.54) is 11.1 Å². The molecule has 0 aliphatic carbocycles. The minimum absolute atomic E-state index is 0.345. The number of thioether (sulfide) groups is 1. The fourth-order valence-electron chi connectivity index (χ4n) is 1.64. The lowest BCUT2D eigenvalue weighted by atomic mass is 10.3. The lowest BCUT2D eigenvalue weighted by molar-refractivity contribution is 0.602. The van der Waals surface area contributed by atoms with Gasteiger partial charge in [0.1, 0.15) is 0 Å². The summed E-state index contributed by atoms with van der Waals surface area (Å²) in [6.07, 6.45) is 1.21. The minimum Gasteiger partial charge on any atom is -0.320 e. The third-order valence-corrected chi connectivity index (χ3v) is 5.96. The maximum absolute atomic E-state index is 11.4. The Balaban J connectivity index is 2.05.